The lowest BCUT2D eigenvalue weighted by atomic mass is 9.87. The largest absolute Gasteiger partial charge is 0.347 e. The number of anilines is 1. The number of nitrogens with zero attached hydrogens (tertiary/aromatic N) is 3. The van der Waals surface area contributed by atoms with Crippen molar-refractivity contribution in [1.29, 1.82) is 0 Å². The first-order valence-corrected chi connectivity index (χ1v) is 7.72. The summed E-state index contributed by atoms with van der Waals surface area (Å²) in [7, 11) is 1.75. The SMILES string of the molecule is CCC1(C)CCN(C(=NC)NCC(=O)Nc2cccnc2)C1. The van der Waals surface area contributed by atoms with Crippen LogP contribution in [-0.4, -0.2) is 48.4 Å². The van der Waals surface area contributed by atoms with Crippen molar-refractivity contribution >= 4 is 17.6 Å². The molecule has 1 aromatic heterocycles. The fourth-order valence-corrected chi connectivity index (χ4v) is 2.63. The van der Waals surface area contributed by atoms with Crippen LogP contribution < -0.4 is 10.6 Å². The van der Waals surface area contributed by atoms with Crippen LogP contribution in [0.1, 0.15) is 26.7 Å². The highest BCUT2D eigenvalue weighted by molar-refractivity contribution is 5.94. The molecule has 1 aliphatic rings. The zero-order chi connectivity index (χ0) is 16.0. The Balaban J connectivity index is 1.83. The predicted octanol–water partition coefficient (Wildman–Crippen LogP) is 1.72. The van der Waals surface area contributed by atoms with Crippen LogP contribution in [0.15, 0.2) is 29.5 Å². The van der Waals surface area contributed by atoms with Crippen LogP contribution in [0, 0.1) is 5.41 Å². The molecule has 1 unspecified atom stereocenters. The van der Waals surface area contributed by atoms with E-state index in [4.69, 9.17) is 0 Å². The number of aliphatic imine (C=N–C) groups is 1. The van der Waals surface area contributed by atoms with E-state index in [1.165, 1.54) is 0 Å². The van der Waals surface area contributed by atoms with Crippen LogP contribution in [-0.2, 0) is 4.79 Å². The number of carbonyl (C=O) groups is 1. The molecule has 22 heavy (non-hydrogen) atoms. The second-order valence-corrected chi connectivity index (χ2v) is 6.03. The first-order valence-electron chi connectivity index (χ1n) is 7.72. The second-order valence-electron chi connectivity index (χ2n) is 6.03. The molecule has 2 N–H and O–H groups in total. The van der Waals surface area contributed by atoms with Gasteiger partial charge in [0, 0.05) is 26.3 Å². The van der Waals surface area contributed by atoms with E-state index in [0.717, 1.165) is 31.9 Å². The Hall–Kier alpha value is -2.11. The van der Waals surface area contributed by atoms with E-state index in [1.54, 1.807) is 25.5 Å². The summed E-state index contributed by atoms with van der Waals surface area (Å²) in [5.41, 5.74) is 1.04. The minimum Gasteiger partial charge on any atom is -0.347 e. The molecule has 6 heteroatoms. The van der Waals surface area contributed by atoms with Crippen LogP contribution in [0.5, 0.6) is 0 Å². The lowest BCUT2D eigenvalue weighted by Gasteiger charge is -2.25. The standard InChI is InChI=1S/C16H25N5O/c1-4-16(2)7-9-21(12-16)15(17-3)19-11-14(22)20-13-6-5-8-18-10-13/h5-6,8,10H,4,7,9,11-12H2,1-3H3,(H,17,19)(H,20,22). The van der Waals surface area contributed by atoms with E-state index in [-0.39, 0.29) is 12.5 Å². The molecule has 0 bridgehead atoms. The number of likely N-dealkylation sites (tertiary alicyclic amines) is 1. The molecule has 1 aromatic rings. The van der Waals surface area contributed by atoms with Crippen molar-refractivity contribution in [2.24, 2.45) is 10.4 Å². The molecular weight excluding hydrogens is 278 g/mol. The third-order valence-electron chi connectivity index (χ3n) is 4.28. The van der Waals surface area contributed by atoms with Crippen molar-refractivity contribution in [2.75, 3.05) is 32.0 Å². The maximum atomic E-state index is 12.0. The smallest absolute Gasteiger partial charge is 0.243 e. The molecule has 120 valence electrons. The average molecular weight is 303 g/mol. The molecule has 1 saturated heterocycles. The van der Waals surface area contributed by atoms with E-state index in [2.05, 4.69) is 39.4 Å². The third kappa shape index (κ3) is 4.19. The number of pyridine rings is 1. The number of aromatic nitrogens is 1. The van der Waals surface area contributed by atoms with Gasteiger partial charge >= 0.3 is 0 Å². The molecule has 2 heterocycles. The zero-order valence-electron chi connectivity index (χ0n) is 13.6. The van der Waals surface area contributed by atoms with Gasteiger partial charge in [-0.05, 0) is 30.4 Å². The monoisotopic (exact) mass is 303 g/mol. The summed E-state index contributed by atoms with van der Waals surface area (Å²) in [6.07, 6.45) is 5.61. The number of guanidine groups is 1. The molecule has 1 aliphatic heterocycles. The van der Waals surface area contributed by atoms with Crippen molar-refractivity contribution in [3.63, 3.8) is 0 Å². The van der Waals surface area contributed by atoms with Crippen molar-refractivity contribution in [3.8, 4) is 0 Å². The number of nitrogens with one attached hydrogen (secondary N) is 2. The van der Waals surface area contributed by atoms with Crippen LogP contribution in [0.2, 0.25) is 0 Å². The van der Waals surface area contributed by atoms with Crippen molar-refractivity contribution in [3.05, 3.63) is 24.5 Å². The summed E-state index contributed by atoms with van der Waals surface area (Å²) in [4.78, 5) is 22.4. The van der Waals surface area contributed by atoms with Gasteiger partial charge < -0.3 is 15.5 Å². The van der Waals surface area contributed by atoms with Crippen molar-refractivity contribution in [2.45, 2.75) is 26.7 Å². The first kappa shape index (κ1) is 16.3. The third-order valence-corrected chi connectivity index (χ3v) is 4.28. The van der Waals surface area contributed by atoms with E-state index in [1.807, 2.05) is 6.07 Å². The van der Waals surface area contributed by atoms with Gasteiger partial charge in [-0.2, -0.15) is 0 Å². The zero-order valence-corrected chi connectivity index (χ0v) is 13.6. The van der Waals surface area contributed by atoms with Crippen LogP contribution >= 0.6 is 0 Å². The van der Waals surface area contributed by atoms with Gasteiger partial charge in [-0.3, -0.25) is 14.8 Å². The Morgan fingerprint density at radius 1 is 1.55 bits per heavy atom. The first-order chi connectivity index (χ1) is 10.6. The van der Waals surface area contributed by atoms with Crippen molar-refractivity contribution < 1.29 is 4.79 Å². The quantitative estimate of drug-likeness (QED) is 0.656. The molecule has 0 saturated carbocycles. The molecule has 0 spiro atoms. The van der Waals surface area contributed by atoms with Gasteiger partial charge in [-0.1, -0.05) is 13.8 Å². The predicted molar refractivity (Wildman–Crippen MR) is 88.8 cm³/mol. The highest BCUT2D eigenvalue weighted by Crippen LogP contribution is 2.32. The van der Waals surface area contributed by atoms with E-state index >= 15 is 0 Å². The fraction of sp³-hybridized carbons (Fsp3) is 0.562. The Kier molecular flexibility index (Phi) is 5.35. The van der Waals surface area contributed by atoms with Gasteiger partial charge in [0.25, 0.3) is 0 Å². The molecule has 2 rings (SSSR count). The van der Waals surface area contributed by atoms with Gasteiger partial charge in [-0.15, -0.1) is 0 Å². The Bertz CT molecular complexity index is 531. The van der Waals surface area contributed by atoms with Crippen LogP contribution in [0.25, 0.3) is 0 Å². The molecule has 1 amide bonds. The number of hydrogen-bond acceptors (Lipinski definition) is 3. The molecule has 0 radical (unpaired) electrons. The van der Waals surface area contributed by atoms with Gasteiger partial charge in [0.05, 0.1) is 18.4 Å². The van der Waals surface area contributed by atoms with E-state index < -0.39 is 0 Å². The summed E-state index contributed by atoms with van der Waals surface area (Å²) < 4.78 is 0. The Labute approximate surface area is 132 Å². The summed E-state index contributed by atoms with van der Waals surface area (Å²) in [6.45, 7) is 6.68. The number of hydrogen-bond donors (Lipinski definition) is 2. The molecule has 1 atom stereocenters. The highest BCUT2D eigenvalue weighted by Gasteiger charge is 2.33. The van der Waals surface area contributed by atoms with E-state index in [0.29, 0.717) is 11.1 Å². The minimum atomic E-state index is -0.105. The Morgan fingerprint density at radius 3 is 2.95 bits per heavy atom. The number of amides is 1. The van der Waals surface area contributed by atoms with E-state index in [9.17, 15) is 4.79 Å². The lowest BCUT2D eigenvalue weighted by molar-refractivity contribution is -0.115. The summed E-state index contributed by atoms with van der Waals surface area (Å²) in [6, 6.07) is 3.60. The molecule has 6 nitrogen and oxygen atoms in total. The summed E-state index contributed by atoms with van der Waals surface area (Å²) in [5, 5.41) is 5.94. The fourth-order valence-electron chi connectivity index (χ4n) is 2.63. The normalized spacial score (nSPS) is 21.8. The maximum Gasteiger partial charge on any atom is 0.243 e. The van der Waals surface area contributed by atoms with Crippen LogP contribution in [0.3, 0.4) is 0 Å². The number of carbonyl (C=O) groups excluding carboxylic acids is 1. The molecule has 0 aromatic carbocycles. The summed E-state index contributed by atoms with van der Waals surface area (Å²) in [5.74, 6) is 0.685. The summed E-state index contributed by atoms with van der Waals surface area (Å²) >= 11 is 0. The second kappa shape index (κ2) is 7.24. The molecule has 0 aliphatic carbocycles. The maximum absolute atomic E-state index is 12.0. The van der Waals surface area contributed by atoms with Crippen molar-refractivity contribution in [1.82, 2.24) is 15.2 Å². The number of rotatable bonds is 4. The van der Waals surface area contributed by atoms with Gasteiger partial charge in [0.15, 0.2) is 5.96 Å². The van der Waals surface area contributed by atoms with Gasteiger partial charge in [0.2, 0.25) is 5.91 Å². The molecule has 1 fully saturated rings. The van der Waals surface area contributed by atoms with Crippen LogP contribution in [0.4, 0.5) is 5.69 Å². The lowest BCUT2D eigenvalue weighted by Crippen LogP contribution is -2.43. The van der Waals surface area contributed by atoms with Gasteiger partial charge in [-0.25, -0.2) is 0 Å². The topological polar surface area (TPSA) is 69.6 Å². The average Bonchev–Trinajstić information content (AvgIpc) is 2.92. The highest BCUT2D eigenvalue weighted by atomic mass is 16.1. The van der Waals surface area contributed by atoms with Gasteiger partial charge in [0.1, 0.15) is 0 Å². The Morgan fingerprint density at radius 2 is 2.36 bits per heavy atom. The molecular formula is C16H25N5O. The minimum absolute atomic E-state index is 0.105.